The smallest absolute Gasteiger partial charge is 0.261 e. The molecule has 2 fully saturated rings. The van der Waals surface area contributed by atoms with E-state index in [-0.39, 0.29) is 30.0 Å². The Morgan fingerprint density at radius 2 is 2.14 bits per heavy atom. The maximum absolute atomic E-state index is 13.3. The maximum atomic E-state index is 13.3. The molecule has 2 aliphatic rings. The van der Waals surface area contributed by atoms with E-state index in [1.807, 2.05) is 26.0 Å². The van der Waals surface area contributed by atoms with Crippen molar-refractivity contribution in [3.05, 3.63) is 34.4 Å². The summed E-state index contributed by atoms with van der Waals surface area (Å²) >= 11 is 0. The van der Waals surface area contributed by atoms with Crippen LogP contribution in [-0.2, 0) is 11.3 Å². The number of nitrogens with zero attached hydrogens (tertiary/aromatic N) is 3. The molecule has 1 saturated heterocycles. The summed E-state index contributed by atoms with van der Waals surface area (Å²) in [6, 6.07) is 6.40. The highest BCUT2D eigenvalue weighted by Crippen LogP contribution is 2.39. The topological polar surface area (TPSA) is 79.3 Å². The minimum absolute atomic E-state index is 0.0285. The SMILES string of the molecule is CC(C)NC(=O)Cn1c(C2CC2)nc2ccc(N3CCNC(C)C3)cc2c1=O. The Bertz CT molecular complexity index is 948. The fourth-order valence-electron chi connectivity index (χ4n) is 3.91. The van der Waals surface area contributed by atoms with Crippen LogP contribution in [0, 0.1) is 0 Å². The van der Waals surface area contributed by atoms with Crippen molar-refractivity contribution < 1.29 is 4.79 Å². The number of amides is 1. The largest absolute Gasteiger partial charge is 0.369 e. The molecule has 0 spiro atoms. The fraction of sp³-hybridized carbons (Fsp3) is 0.571. The summed E-state index contributed by atoms with van der Waals surface area (Å²) < 4.78 is 1.59. The molecule has 150 valence electrons. The Balaban J connectivity index is 1.74. The van der Waals surface area contributed by atoms with Crippen LogP contribution in [0.15, 0.2) is 23.0 Å². The van der Waals surface area contributed by atoms with Gasteiger partial charge in [0.2, 0.25) is 5.91 Å². The van der Waals surface area contributed by atoms with Crippen LogP contribution in [0.25, 0.3) is 10.9 Å². The molecule has 1 aliphatic heterocycles. The first-order valence-corrected chi connectivity index (χ1v) is 10.2. The first-order chi connectivity index (χ1) is 13.4. The number of fused-ring (bicyclic) bond motifs is 1. The molecule has 2 N–H and O–H groups in total. The van der Waals surface area contributed by atoms with Gasteiger partial charge in [-0.1, -0.05) is 0 Å². The molecule has 28 heavy (non-hydrogen) atoms. The second-order valence-electron chi connectivity index (χ2n) is 8.36. The monoisotopic (exact) mass is 383 g/mol. The molecule has 7 heteroatoms. The lowest BCUT2D eigenvalue weighted by Gasteiger charge is -2.33. The lowest BCUT2D eigenvalue weighted by molar-refractivity contribution is -0.122. The van der Waals surface area contributed by atoms with Crippen LogP contribution in [0.1, 0.15) is 45.4 Å². The third kappa shape index (κ3) is 3.90. The third-order valence-electron chi connectivity index (χ3n) is 5.40. The van der Waals surface area contributed by atoms with Crippen LogP contribution in [0.3, 0.4) is 0 Å². The zero-order chi connectivity index (χ0) is 19.8. The van der Waals surface area contributed by atoms with Gasteiger partial charge in [0.25, 0.3) is 5.56 Å². The van der Waals surface area contributed by atoms with Crippen LogP contribution in [0.2, 0.25) is 0 Å². The molecule has 2 aromatic rings. The predicted octanol–water partition coefficient (Wildman–Crippen LogP) is 1.60. The van der Waals surface area contributed by atoms with Crippen LogP contribution in [-0.4, -0.2) is 47.2 Å². The van der Waals surface area contributed by atoms with Crippen molar-refractivity contribution in [2.75, 3.05) is 24.5 Å². The predicted molar refractivity (Wildman–Crippen MR) is 111 cm³/mol. The molecule has 0 radical (unpaired) electrons. The summed E-state index contributed by atoms with van der Waals surface area (Å²) in [4.78, 5) is 32.7. The number of rotatable bonds is 5. The first kappa shape index (κ1) is 18.9. The van der Waals surface area contributed by atoms with Gasteiger partial charge < -0.3 is 15.5 Å². The van der Waals surface area contributed by atoms with Gasteiger partial charge in [0.1, 0.15) is 12.4 Å². The van der Waals surface area contributed by atoms with Crippen molar-refractivity contribution in [3.63, 3.8) is 0 Å². The fourth-order valence-corrected chi connectivity index (χ4v) is 3.91. The number of anilines is 1. The number of benzene rings is 1. The van der Waals surface area contributed by atoms with E-state index >= 15 is 0 Å². The van der Waals surface area contributed by atoms with E-state index in [0.29, 0.717) is 11.4 Å². The molecule has 1 atom stereocenters. The van der Waals surface area contributed by atoms with Gasteiger partial charge in [-0.3, -0.25) is 14.2 Å². The Hall–Kier alpha value is -2.41. The summed E-state index contributed by atoms with van der Waals surface area (Å²) in [7, 11) is 0. The normalized spacial score (nSPS) is 20.0. The highest BCUT2D eigenvalue weighted by molar-refractivity contribution is 5.83. The minimum Gasteiger partial charge on any atom is -0.369 e. The Morgan fingerprint density at radius 3 is 2.82 bits per heavy atom. The second kappa shape index (κ2) is 7.54. The van der Waals surface area contributed by atoms with E-state index in [4.69, 9.17) is 4.98 Å². The van der Waals surface area contributed by atoms with Crippen molar-refractivity contribution in [2.24, 2.45) is 0 Å². The van der Waals surface area contributed by atoms with E-state index in [2.05, 4.69) is 28.5 Å². The van der Waals surface area contributed by atoms with Gasteiger partial charge in [0.05, 0.1) is 10.9 Å². The van der Waals surface area contributed by atoms with E-state index in [0.717, 1.165) is 49.5 Å². The summed E-state index contributed by atoms with van der Waals surface area (Å²) in [5.74, 6) is 0.893. The van der Waals surface area contributed by atoms with Crippen LogP contribution in [0.4, 0.5) is 5.69 Å². The van der Waals surface area contributed by atoms with Crippen LogP contribution < -0.4 is 21.1 Å². The molecule has 1 aliphatic carbocycles. The van der Waals surface area contributed by atoms with E-state index in [1.54, 1.807) is 4.57 Å². The van der Waals surface area contributed by atoms with Gasteiger partial charge in [0.15, 0.2) is 0 Å². The van der Waals surface area contributed by atoms with Crippen molar-refractivity contribution in [2.45, 2.75) is 58.2 Å². The van der Waals surface area contributed by atoms with Crippen molar-refractivity contribution in [3.8, 4) is 0 Å². The third-order valence-corrected chi connectivity index (χ3v) is 5.40. The van der Waals surface area contributed by atoms with Crippen LogP contribution in [0.5, 0.6) is 0 Å². The zero-order valence-corrected chi connectivity index (χ0v) is 16.9. The lowest BCUT2D eigenvalue weighted by Crippen LogP contribution is -2.49. The van der Waals surface area contributed by atoms with Gasteiger partial charge in [0, 0.05) is 43.3 Å². The number of piperazine rings is 1. The maximum Gasteiger partial charge on any atom is 0.261 e. The molecule has 1 saturated carbocycles. The van der Waals surface area contributed by atoms with Crippen molar-refractivity contribution in [1.29, 1.82) is 0 Å². The summed E-state index contributed by atoms with van der Waals surface area (Å²) in [5.41, 5.74) is 1.65. The number of hydrogen-bond acceptors (Lipinski definition) is 5. The number of carbonyl (C=O) groups excluding carboxylic acids is 1. The zero-order valence-electron chi connectivity index (χ0n) is 16.9. The lowest BCUT2D eigenvalue weighted by atomic mass is 10.1. The molecule has 7 nitrogen and oxygen atoms in total. The minimum atomic E-state index is -0.146. The average molecular weight is 383 g/mol. The molecule has 0 bridgehead atoms. The molecule has 4 rings (SSSR count). The molecular formula is C21H29N5O2. The number of aromatic nitrogens is 2. The number of hydrogen-bond donors (Lipinski definition) is 2. The van der Waals surface area contributed by atoms with Gasteiger partial charge in [-0.15, -0.1) is 0 Å². The van der Waals surface area contributed by atoms with Gasteiger partial charge >= 0.3 is 0 Å². The standard InChI is InChI=1S/C21H29N5O2/c1-13(2)23-19(27)12-26-20(15-4-5-15)24-18-7-6-16(10-17(18)21(26)28)25-9-8-22-14(3)11-25/h6-7,10,13-15,22H,4-5,8-9,11-12H2,1-3H3,(H,23,27). The highest BCUT2D eigenvalue weighted by Gasteiger charge is 2.30. The second-order valence-corrected chi connectivity index (χ2v) is 8.36. The molecule has 1 aromatic carbocycles. The van der Waals surface area contributed by atoms with E-state index in [1.165, 1.54) is 0 Å². The van der Waals surface area contributed by atoms with Gasteiger partial charge in [-0.25, -0.2) is 4.98 Å². The Labute approximate surface area is 165 Å². The Morgan fingerprint density at radius 1 is 1.36 bits per heavy atom. The highest BCUT2D eigenvalue weighted by atomic mass is 16.2. The van der Waals surface area contributed by atoms with Crippen LogP contribution >= 0.6 is 0 Å². The number of carbonyl (C=O) groups is 1. The quantitative estimate of drug-likeness (QED) is 0.820. The van der Waals surface area contributed by atoms with Crippen molar-refractivity contribution >= 4 is 22.5 Å². The van der Waals surface area contributed by atoms with Gasteiger partial charge in [-0.2, -0.15) is 0 Å². The van der Waals surface area contributed by atoms with Crippen molar-refractivity contribution in [1.82, 2.24) is 20.2 Å². The Kier molecular flexibility index (Phi) is 5.10. The average Bonchev–Trinajstić information content (AvgIpc) is 3.48. The summed E-state index contributed by atoms with van der Waals surface area (Å²) in [6.45, 7) is 8.78. The van der Waals surface area contributed by atoms with E-state index < -0.39 is 0 Å². The molecule has 1 amide bonds. The molecule has 1 aromatic heterocycles. The van der Waals surface area contributed by atoms with Gasteiger partial charge in [-0.05, 0) is 51.8 Å². The summed E-state index contributed by atoms with van der Waals surface area (Å²) in [6.07, 6.45) is 2.06. The first-order valence-electron chi connectivity index (χ1n) is 10.2. The van der Waals surface area contributed by atoms with E-state index in [9.17, 15) is 9.59 Å². The molecular weight excluding hydrogens is 354 g/mol. The molecule has 1 unspecified atom stereocenters. The molecule has 2 heterocycles. The summed E-state index contributed by atoms with van der Waals surface area (Å²) in [5, 5.41) is 6.91. The number of nitrogens with one attached hydrogen (secondary N) is 2.